The van der Waals surface area contributed by atoms with Crippen LogP contribution in [-0.2, 0) is 12.4 Å². The molecule has 0 atom stereocenters. The number of rotatable bonds is 4. The van der Waals surface area contributed by atoms with Crippen LogP contribution in [0.3, 0.4) is 0 Å². The molecule has 0 amide bonds. The van der Waals surface area contributed by atoms with Gasteiger partial charge in [-0.1, -0.05) is 30.3 Å². The number of hydrogen-bond acceptors (Lipinski definition) is 2. The minimum Gasteiger partial charge on any atom is -0.392 e. The van der Waals surface area contributed by atoms with Crippen molar-refractivity contribution >= 4 is 11.8 Å². The van der Waals surface area contributed by atoms with E-state index in [1.165, 1.54) is 17.7 Å². The van der Waals surface area contributed by atoms with Crippen LogP contribution < -0.4 is 0 Å². The summed E-state index contributed by atoms with van der Waals surface area (Å²) in [6, 6.07) is 14.7. The van der Waals surface area contributed by atoms with Gasteiger partial charge in [-0.2, -0.15) is 0 Å². The summed E-state index contributed by atoms with van der Waals surface area (Å²) in [4.78, 5) is 0.845. The Labute approximate surface area is 104 Å². The Balaban J connectivity index is 2.06. The molecule has 88 valence electrons. The molecule has 0 fully saturated rings. The number of halogens is 1. The van der Waals surface area contributed by atoms with Gasteiger partial charge >= 0.3 is 0 Å². The molecule has 2 rings (SSSR count). The van der Waals surface area contributed by atoms with Crippen LogP contribution in [0.5, 0.6) is 0 Å². The Kier molecular flexibility index (Phi) is 4.18. The molecule has 0 saturated carbocycles. The zero-order valence-corrected chi connectivity index (χ0v) is 10.1. The molecule has 0 aliphatic heterocycles. The highest BCUT2D eigenvalue weighted by Crippen LogP contribution is 2.24. The molecule has 17 heavy (non-hydrogen) atoms. The van der Waals surface area contributed by atoms with Crippen molar-refractivity contribution in [2.45, 2.75) is 17.3 Å². The van der Waals surface area contributed by atoms with E-state index in [4.69, 9.17) is 5.11 Å². The molecule has 1 nitrogen and oxygen atoms in total. The second-order valence-corrected chi connectivity index (χ2v) is 4.78. The first kappa shape index (κ1) is 12.1. The topological polar surface area (TPSA) is 20.2 Å². The van der Waals surface area contributed by atoms with Crippen molar-refractivity contribution < 1.29 is 9.50 Å². The number of aliphatic hydroxyl groups excluding tert-OH is 1. The predicted molar refractivity (Wildman–Crippen MR) is 68.3 cm³/mol. The van der Waals surface area contributed by atoms with Crippen LogP contribution in [0.15, 0.2) is 53.4 Å². The highest BCUT2D eigenvalue weighted by Gasteiger charge is 2.01. The van der Waals surface area contributed by atoms with Crippen molar-refractivity contribution in [1.29, 1.82) is 0 Å². The van der Waals surface area contributed by atoms with Gasteiger partial charge in [0.1, 0.15) is 5.82 Å². The Morgan fingerprint density at radius 2 is 1.76 bits per heavy atom. The van der Waals surface area contributed by atoms with Gasteiger partial charge in [-0.15, -0.1) is 11.8 Å². The third-order valence-electron chi connectivity index (χ3n) is 2.36. The molecule has 0 aliphatic carbocycles. The average Bonchev–Trinajstić information content (AvgIpc) is 2.37. The van der Waals surface area contributed by atoms with Crippen LogP contribution in [-0.4, -0.2) is 5.11 Å². The predicted octanol–water partition coefficient (Wildman–Crippen LogP) is 3.61. The number of benzene rings is 2. The smallest absolute Gasteiger partial charge is 0.124 e. The fraction of sp³-hybridized carbons (Fsp3) is 0.143. The van der Waals surface area contributed by atoms with Crippen LogP contribution in [0.25, 0.3) is 0 Å². The molecule has 0 heterocycles. The molecule has 0 aliphatic rings. The van der Waals surface area contributed by atoms with Crippen molar-refractivity contribution in [3.05, 3.63) is 65.5 Å². The standard InChI is InChI=1S/C14H13FOS/c15-13-6-12(9-16)7-14(8-13)17-10-11-4-2-1-3-5-11/h1-8,16H,9-10H2. The number of hydrogen-bond donors (Lipinski definition) is 1. The molecule has 0 saturated heterocycles. The minimum absolute atomic E-state index is 0.128. The van der Waals surface area contributed by atoms with E-state index in [1.807, 2.05) is 36.4 Å². The monoisotopic (exact) mass is 248 g/mol. The maximum absolute atomic E-state index is 13.2. The average molecular weight is 248 g/mol. The second-order valence-electron chi connectivity index (χ2n) is 3.73. The van der Waals surface area contributed by atoms with Crippen LogP contribution >= 0.6 is 11.8 Å². The Morgan fingerprint density at radius 1 is 1.00 bits per heavy atom. The molecule has 0 radical (unpaired) electrons. The van der Waals surface area contributed by atoms with Crippen LogP contribution in [0.4, 0.5) is 4.39 Å². The quantitative estimate of drug-likeness (QED) is 0.834. The molecular formula is C14H13FOS. The van der Waals surface area contributed by atoms with E-state index in [2.05, 4.69) is 0 Å². The number of aliphatic hydroxyl groups is 1. The normalized spacial score (nSPS) is 10.5. The van der Waals surface area contributed by atoms with E-state index in [-0.39, 0.29) is 12.4 Å². The summed E-state index contributed by atoms with van der Waals surface area (Å²) in [5, 5.41) is 9.00. The Bertz CT molecular complexity index is 485. The molecule has 1 N–H and O–H groups in total. The summed E-state index contributed by atoms with van der Waals surface area (Å²) >= 11 is 1.57. The highest BCUT2D eigenvalue weighted by molar-refractivity contribution is 7.98. The van der Waals surface area contributed by atoms with Gasteiger partial charge in [0.25, 0.3) is 0 Å². The van der Waals surface area contributed by atoms with Crippen LogP contribution in [0.2, 0.25) is 0 Å². The first-order valence-corrected chi connectivity index (χ1v) is 6.33. The van der Waals surface area contributed by atoms with Crippen LogP contribution in [0, 0.1) is 5.82 Å². The minimum atomic E-state index is -0.299. The van der Waals surface area contributed by atoms with E-state index in [9.17, 15) is 4.39 Å². The summed E-state index contributed by atoms with van der Waals surface area (Å²) in [6.45, 7) is -0.128. The van der Waals surface area contributed by atoms with Gasteiger partial charge in [0, 0.05) is 10.6 Å². The summed E-state index contributed by atoms with van der Waals surface area (Å²) < 4.78 is 13.2. The lowest BCUT2D eigenvalue weighted by molar-refractivity contribution is 0.281. The lowest BCUT2D eigenvalue weighted by atomic mass is 10.2. The van der Waals surface area contributed by atoms with Crippen LogP contribution in [0.1, 0.15) is 11.1 Å². The molecule has 2 aromatic carbocycles. The summed E-state index contributed by atoms with van der Waals surface area (Å²) in [5.41, 5.74) is 1.81. The second kappa shape index (κ2) is 5.84. The lowest BCUT2D eigenvalue weighted by Crippen LogP contribution is -1.87. The van der Waals surface area contributed by atoms with Gasteiger partial charge in [-0.3, -0.25) is 0 Å². The zero-order chi connectivity index (χ0) is 12.1. The first-order chi connectivity index (χ1) is 8.28. The Morgan fingerprint density at radius 3 is 2.47 bits per heavy atom. The van der Waals surface area contributed by atoms with Gasteiger partial charge < -0.3 is 5.11 Å². The van der Waals surface area contributed by atoms with E-state index >= 15 is 0 Å². The fourth-order valence-electron chi connectivity index (χ4n) is 1.54. The third-order valence-corrected chi connectivity index (χ3v) is 3.41. The first-order valence-electron chi connectivity index (χ1n) is 5.35. The van der Waals surface area contributed by atoms with Gasteiger partial charge in [-0.05, 0) is 29.3 Å². The molecule has 0 spiro atoms. The van der Waals surface area contributed by atoms with Gasteiger partial charge in [0.05, 0.1) is 6.61 Å². The van der Waals surface area contributed by atoms with Crippen molar-refractivity contribution in [3.63, 3.8) is 0 Å². The van der Waals surface area contributed by atoms with E-state index in [0.717, 1.165) is 10.6 Å². The maximum atomic E-state index is 13.2. The summed E-state index contributed by atoms with van der Waals surface area (Å²) in [7, 11) is 0. The fourth-order valence-corrected chi connectivity index (χ4v) is 2.49. The molecule has 2 aromatic rings. The molecule has 0 bridgehead atoms. The van der Waals surface area contributed by atoms with Gasteiger partial charge in [0.15, 0.2) is 0 Å². The molecule has 3 heteroatoms. The number of thioether (sulfide) groups is 1. The maximum Gasteiger partial charge on any atom is 0.124 e. The van der Waals surface area contributed by atoms with Crippen molar-refractivity contribution in [3.8, 4) is 0 Å². The van der Waals surface area contributed by atoms with Gasteiger partial charge in [0.2, 0.25) is 0 Å². The van der Waals surface area contributed by atoms with E-state index in [1.54, 1.807) is 11.8 Å². The third kappa shape index (κ3) is 3.58. The van der Waals surface area contributed by atoms with E-state index in [0.29, 0.717) is 5.56 Å². The van der Waals surface area contributed by atoms with Crippen molar-refractivity contribution in [2.75, 3.05) is 0 Å². The molecule has 0 unspecified atom stereocenters. The van der Waals surface area contributed by atoms with Crippen molar-refractivity contribution in [1.82, 2.24) is 0 Å². The van der Waals surface area contributed by atoms with Gasteiger partial charge in [-0.25, -0.2) is 4.39 Å². The Hall–Kier alpha value is -1.32. The largest absolute Gasteiger partial charge is 0.392 e. The summed E-state index contributed by atoms with van der Waals surface area (Å²) in [5.74, 6) is 0.502. The highest BCUT2D eigenvalue weighted by atomic mass is 32.2. The van der Waals surface area contributed by atoms with E-state index < -0.39 is 0 Å². The molecule has 0 aromatic heterocycles. The molecular weight excluding hydrogens is 235 g/mol. The summed E-state index contributed by atoms with van der Waals surface area (Å²) in [6.07, 6.45) is 0. The zero-order valence-electron chi connectivity index (χ0n) is 9.27. The SMILES string of the molecule is OCc1cc(F)cc(SCc2ccccc2)c1. The lowest BCUT2D eigenvalue weighted by Gasteiger charge is -2.04. The van der Waals surface area contributed by atoms with Crippen molar-refractivity contribution in [2.24, 2.45) is 0 Å².